The van der Waals surface area contributed by atoms with Gasteiger partial charge in [0.15, 0.2) is 17.5 Å². The molecule has 2 aliphatic heterocycles. The zero-order valence-electron chi connectivity index (χ0n) is 13.8. The minimum absolute atomic E-state index is 0.0421. The minimum atomic E-state index is -0.950. The Morgan fingerprint density at radius 3 is 2.62 bits per heavy atom. The number of fused-ring (bicyclic) bond motifs is 1. The van der Waals surface area contributed by atoms with E-state index in [1.807, 2.05) is 6.92 Å². The number of carbonyl (C=O) groups excluding carboxylic acids is 3. The molecular weight excluding hydrogens is 361 g/mol. The number of hydrogen-bond donors (Lipinski definition) is 0. The van der Waals surface area contributed by atoms with Gasteiger partial charge in [-0.3, -0.25) is 24.2 Å². The first-order valence-corrected chi connectivity index (χ1v) is 8.21. The van der Waals surface area contributed by atoms with Crippen molar-refractivity contribution in [3.05, 3.63) is 17.9 Å². The van der Waals surface area contributed by atoms with E-state index in [2.05, 4.69) is 5.92 Å². The third-order valence-electron chi connectivity index (χ3n) is 3.96. The van der Waals surface area contributed by atoms with Crippen molar-refractivity contribution in [2.75, 3.05) is 29.5 Å². The number of carbonyl (C=O) groups is 3. The Bertz CT molecular complexity index is 879. The summed E-state index contributed by atoms with van der Waals surface area (Å²) in [5, 5.41) is -0.104. The number of hydrogen-bond acceptors (Lipinski definition) is 5. The first-order valence-electron chi connectivity index (χ1n) is 7.80. The zero-order chi connectivity index (χ0) is 19.0. The molecule has 3 rings (SSSR count). The number of amides is 3. The number of nitrogens with zero attached hydrogens (tertiary/aromatic N) is 3. The van der Waals surface area contributed by atoms with Crippen LogP contribution in [0, 0.1) is 18.2 Å². The predicted octanol–water partition coefficient (Wildman–Crippen LogP) is 1.05. The highest BCUT2D eigenvalue weighted by molar-refractivity contribution is 7.80. The van der Waals surface area contributed by atoms with Gasteiger partial charge >= 0.3 is 11.8 Å². The zero-order valence-corrected chi connectivity index (χ0v) is 14.6. The lowest BCUT2D eigenvalue weighted by Crippen LogP contribution is -2.39. The fourth-order valence-electron chi connectivity index (χ4n) is 2.79. The van der Waals surface area contributed by atoms with Crippen molar-refractivity contribution >= 4 is 46.4 Å². The van der Waals surface area contributed by atoms with Gasteiger partial charge in [-0.2, -0.15) is 0 Å². The van der Waals surface area contributed by atoms with Crippen molar-refractivity contribution in [3.63, 3.8) is 0 Å². The summed E-state index contributed by atoms with van der Waals surface area (Å²) in [4.78, 5) is 39.7. The van der Waals surface area contributed by atoms with Crippen molar-refractivity contribution in [2.45, 2.75) is 13.3 Å². The van der Waals surface area contributed by atoms with E-state index in [1.165, 1.54) is 11.0 Å². The lowest BCUT2D eigenvalue weighted by atomic mass is 10.2. The SMILES string of the molecule is C#CCN1C(=O)COc2cc(F)c(N3C(=O)C(=O)N(CCC)C3=S)cc21. The molecule has 1 saturated heterocycles. The maximum atomic E-state index is 14.6. The highest BCUT2D eigenvalue weighted by atomic mass is 32.1. The summed E-state index contributed by atoms with van der Waals surface area (Å²) in [6.45, 7) is 1.76. The van der Waals surface area contributed by atoms with Gasteiger partial charge in [0.05, 0.1) is 17.9 Å². The van der Waals surface area contributed by atoms with Crippen LogP contribution in [-0.2, 0) is 14.4 Å². The number of ether oxygens (including phenoxy) is 1. The van der Waals surface area contributed by atoms with Gasteiger partial charge in [-0.25, -0.2) is 9.29 Å². The third-order valence-corrected chi connectivity index (χ3v) is 4.37. The van der Waals surface area contributed by atoms with Crippen LogP contribution in [0.3, 0.4) is 0 Å². The molecular formula is C17H14FN3O4S. The molecule has 0 N–H and O–H groups in total. The second kappa shape index (κ2) is 6.72. The summed E-state index contributed by atoms with van der Waals surface area (Å²) in [6.07, 6.45) is 5.87. The van der Waals surface area contributed by atoms with E-state index < -0.39 is 23.5 Å². The van der Waals surface area contributed by atoms with Crippen LogP contribution in [0.15, 0.2) is 12.1 Å². The van der Waals surface area contributed by atoms with Gasteiger partial charge < -0.3 is 4.74 Å². The van der Waals surface area contributed by atoms with E-state index >= 15 is 0 Å². The van der Waals surface area contributed by atoms with Gasteiger partial charge in [-0.15, -0.1) is 6.42 Å². The normalized spacial score (nSPS) is 16.7. The smallest absolute Gasteiger partial charge is 0.323 e. The molecule has 3 amide bonds. The topological polar surface area (TPSA) is 70.2 Å². The van der Waals surface area contributed by atoms with Crippen molar-refractivity contribution in [2.24, 2.45) is 0 Å². The molecule has 26 heavy (non-hydrogen) atoms. The number of halogens is 1. The summed E-state index contributed by atoms with van der Waals surface area (Å²) >= 11 is 5.18. The van der Waals surface area contributed by atoms with Crippen LogP contribution in [0.4, 0.5) is 15.8 Å². The van der Waals surface area contributed by atoms with Gasteiger partial charge in [-0.1, -0.05) is 12.8 Å². The van der Waals surface area contributed by atoms with E-state index in [0.29, 0.717) is 6.42 Å². The molecule has 0 radical (unpaired) electrons. The molecule has 7 nitrogen and oxygen atoms in total. The highest BCUT2D eigenvalue weighted by Gasteiger charge is 2.43. The Hall–Kier alpha value is -2.99. The summed E-state index contributed by atoms with van der Waals surface area (Å²) in [5.74, 6) is -0.501. The van der Waals surface area contributed by atoms with Gasteiger partial charge in [0, 0.05) is 12.6 Å². The Kier molecular flexibility index (Phi) is 4.61. The predicted molar refractivity (Wildman–Crippen MR) is 95.2 cm³/mol. The summed E-state index contributed by atoms with van der Waals surface area (Å²) in [5.41, 5.74) is -0.0152. The molecule has 0 unspecified atom stereocenters. The minimum Gasteiger partial charge on any atom is -0.481 e. The number of terminal acetylenes is 1. The average molecular weight is 375 g/mol. The van der Waals surface area contributed by atoms with Gasteiger partial charge in [-0.05, 0) is 24.7 Å². The van der Waals surface area contributed by atoms with Crippen LogP contribution in [-0.4, -0.2) is 47.4 Å². The van der Waals surface area contributed by atoms with Crippen LogP contribution in [0.25, 0.3) is 0 Å². The number of anilines is 2. The molecule has 1 aromatic carbocycles. The second-order valence-corrected chi connectivity index (χ2v) is 5.99. The van der Waals surface area contributed by atoms with Gasteiger partial charge in [0.25, 0.3) is 5.91 Å². The summed E-state index contributed by atoms with van der Waals surface area (Å²) in [7, 11) is 0. The maximum absolute atomic E-state index is 14.6. The van der Waals surface area contributed by atoms with Gasteiger partial charge in [0.2, 0.25) is 0 Å². The molecule has 0 aromatic heterocycles. The monoisotopic (exact) mass is 375 g/mol. The Morgan fingerprint density at radius 2 is 1.96 bits per heavy atom. The molecule has 0 bridgehead atoms. The van der Waals surface area contributed by atoms with Crippen LogP contribution >= 0.6 is 12.2 Å². The molecule has 0 aliphatic carbocycles. The molecule has 1 fully saturated rings. The molecule has 1 aromatic rings. The molecule has 0 spiro atoms. The second-order valence-electron chi connectivity index (χ2n) is 5.62. The maximum Gasteiger partial charge on any atom is 0.323 e. The Morgan fingerprint density at radius 1 is 1.23 bits per heavy atom. The number of thiocarbonyl (C=S) groups is 1. The quantitative estimate of drug-likeness (QED) is 0.447. The molecule has 0 saturated carbocycles. The van der Waals surface area contributed by atoms with Gasteiger partial charge in [0.1, 0.15) is 5.75 Å². The molecule has 2 aliphatic rings. The average Bonchev–Trinajstić information content (AvgIpc) is 2.81. The van der Waals surface area contributed by atoms with E-state index in [-0.39, 0.29) is 41.9 Å². The summed E-state index contributed by atoms with van der Waals surface area (Å²) < 4.78 is 19.9. The van der Waals surface area contributed by atoms with Crippen LogP contribution in [0.2, 0.25) is 0 Å². The van der Waals surface area contributed by atoms with Crippen molar-refractivity contribution in [3.8, 4) is 18.1 Å². The van der Waals surface area contributed by atoms with E-state index in [4.69, 9.17) is 23.4 Å². The van der Waals surface area contributed by atoms with E-state index in [9.17, 15) is 18.8 Å². The fourth-order valence-corrected chi connectivity index (χ4v) is 3.14. The Balaban J connectivity index is 2.08. The lowest BCUT2D eigenvalue weighted by Gasteiger charge is -2.29. The van der Waals surface area contributed by atoms with E-state index in [0.717, 1.165) is 15.9 Å². The standard InChI is InChI=1S/C17H14FN3O4S/c1-3-5-19-12-8-11(10(18)7-13(12)25-9-14(19)22)21-16(24)15(23)20(6-4-2)17(21)26/h1,7-8H,4-6,9H2,2H3. The molecule has 2 heterocycles. The third kappa shape index (κ3) is 2.68. The highest BCUT2D eigenvalue weighted by Crippen LogP contribution is 2.38. The van der Waals surface area contributed by atoms with Crippen molar-refractivity contribution < 1.29 is 23.5 Å². The first-order chi connectivity index (χ1) is 12.4. The van der Waals surface area contributed by atoms with Crippen LogP contribution in [0.1, 0.15) is 13.3 Å². The molecule has 134 valence electrons. The molecule has 9 heteroatoms. The van der Waals surface area contributed by atoms with Crippen molar-refractivity contribution in [1.82, 2.24) is 4.90 Å². The fraction of sp³-hybridized carbons (Fsp3) is 0.294. The lowest BCUT2D eigenvalue weighted by molar-refractivity contribution is -0.139. The Labute approximate surface area is 154 Å². The van der Waals surface area contributed by atoms with Crippen LogP contribution < -0.4 is 14.5 Å². The van der Waals surface area contributed by atoms with Crippen LogP contribution in [0.5, 0.6) is 5.75 Å². The molecule has 0 atom stereocenters. The summed E-state index contributed by atoms with van der Waals surface area (Å²) in [6, 6.07) is 2.29. The van der Waals surface area contributed by atoms with E-state index in [1.54, 1.807) is 0 Å². The number of rotatable bonds is 4. The van der Waals surface area contributed by atoms with Crippen molar-refractivity contribution in [1.29, 1.82) is 0 Å². The first kappa shape index (κ1) is 17.8. The number of benzene rings is 1. The largest absolute Gasteiger partial charge is 0.481 e.